The van der Waals surface area contributed by atoms with Crippen LogP contribution in [0.15, 0.2) is 58.4 Å². The van der Waals surface area contributed by atoms with Gasteiger partial charge < -0.3 is 14.8 Å². The average Bonchev–Trinajstić information content (AvgIpc) is 3.47. The zero-order chi connectivity index (χ0) is 46.2. The second-order valence-corrected chi connectivity index (χ2v) is 19.1. The van der Waals surface area contributed by atoms with Crippen LogP contribution >= 0.6 is 0 Å². The van der Waals surface area contributed by atoms with Crippen molar-refractivity contribution >= 4 is 45.1 Å². The highest BCUT2D eigenvalue weighted by Crippen LogP contribution is 2.36. The number of nitrogens with one attached hydrogen (secondary N) is 1. The maximum atomic E-state index is 14.8. The quantitative estimate of drug-likeness (QED) is 0.0634. The summed E-state index contributed by atoms with van der Waals surface area (Å²) in [5, 5.41) is 2.84. The molecule has 2 unspecified atom stereocenters. The number of carbonyl (C=O) groups is 3. The van der Waals surface area contributed by atoms with E-state index in [0.717, 1.165) is 62.1 Å². The van der Waals surface area contributed by atoms with Crippen molar-refractivity contribution in [2.45, 2.75) is 179 Å². The van der Waals surface area contributed by atoms with Crippen LogP contribution < -0.4 is 10.1 Å². The number of amides is 3. The zero-order valence-electron chi connectivity index (χ0n) is 38.7. The van der Waals surface area contributed by atoms with Gasteiger partial charge in [-0.1, -0.05) is 166 Å². The van der Waals surface area contributed by atoms with Crippen LogP contribution in [0.3, 0.4) is 0 Å². The van der Waals surface area contributed by atoms with Crippen molar-refractivity contribution in [1.29, 1.82) is 0 Å². The summed E-state index contributed by atoms with van der Waals surface area (Å²) in [5.74, 6) is 11.6. The van der Waals surface area contributed by atoms with Crippen molar-refractivity contribution in [3.8, 4) is 41.8 Å². The number of benzene rings is 2. The normalized spacial score (nSPS) is 15.6. The molecule has 1 N–H and O–H groups in total. The molecule has 2 aromatic carbocycles. The van der Waals surface area contributed by atoms with Crippen LogP contribution in [0.2, 0.25) is 0 Å². The third-order valence-corrected chi connectivity index (χ3v) is 13.5. The number of ether oxygens (including phenoxy) is 2. The van der Waals surface area contributed by atoms with Gasteiger partial charge in [-0.25, -0.2) is 23.1 Å². The standard InChI is InChI=1S/C52H70N4O7S/c1-6-9-12-15-16-17-18-19-20-21-22-23-24-25-26-33-40-55-48(53-44-37-30-32-39-46(44)64(55,60)61)47(56-50(58)52(4,5)63-51(56)59)49(57)54-43-36-29-31-38-45(43)62-41-42(34-27-13-10-7-2)35-28-14-11-8-3/h2,29-32,36-39,42,47H,6,8-9,11-12,14-26,28,33,35,40-41H2,1,3-5H3,(H,54,57). The van der Waals surface area contributed by atoms with Crippen molar-refractivity contribution in [2.24, 2.45) is 10.9 Å². The summed E-state index contributed by atoms with van der Waals surface area (Å²) in [4.78, 5) is 47.7. The van der Waals surface area contributed by atoms with Gasteiger partial charge in [-0.05, 0) is 74.6 Å². The fourth-order valence-electron chi connectivity index (χ4n) is 7.99. The van der Waals surface area contributed by atoms with E-state index in [0.29, 0.717) is 17.1 Å². The van der Waals surface area contributed by atoms with Crippen LogP contribution in [0.25, 0.3) is 0 Å². The highest BCUT2D eigenvalue weighted by molar-refractivity contribution is 7.90. The van der Waals surface area contributed by atoms with Crippen LogP contribution in [-0.2, 0) is 24.3 Å². The number of cyclic esters (lactones) is 1. The molecule has 346 valence electrons. The molecule has 2 aliphatic heterocycles. The number of terminal acetylenes is 1. The number of sulfonamides is 1. The number of nitrogens with zero attached hydrogens (tertiary/aromatic N) is 3. The van der Waals surface area contributed by atoms with E-state index in [2.05, 4.69) is 48.8 Å². The Morgan fingerprint density at radius 3 is 1.94 bits per heavy atom. The van der Waals surface area contributed by atoms with Gasteiger partial charge in [0.05, 0.1) is 17.3 Å². The van der Waals surface area contributed by atoms with E-state index in [4.69, 9.17) is 20.9 Å². The van der Waals surface area contributed by atoms with E-state index in [9.17, 15) is 22.8 Å². The maximum Gasteiger partial charge on any atom is 0.418 e. The van der Waals surface area contributed by atoms with E-state index >= 15 is 0 Å². The molecule has 2 aromatic rings. The molecular formula is C52H70N4O7S. The SMILES string of the molecule is C#CC#CC#CC(CCCCCC)COc1ccccc1NC(=O)C(C1=Nc2ccccc2S(=O)(=O)N1CCCCCCCCCCCCCCCCCC)N1C(=O)OC(C)(C)C1=O. The van der Waals surface area contributed by atoms with Crippen LogP contribution in [0.1, 0.15) is 163 Å². The number of aliphatic imine (C=N–C) groups is 1. The van der Waals surface area contributed by atoms with Gasteiger partial charge in [0.1, 0.15) is 17.3 Å². The number of hydrogen-bond donors (Lipinski definition) is 1. The summed E-state index contributed by atoms with van der Waals surface area (Å²) in [6.07, 6.45) is 27.7. The fraction of sp³-hybridized carbons (Fsp3) is 0.577. The van der Waals surface area contributed by atoms with E-state index in [1.54, 1.807) is 36.4 Å². The Labute approximate surface area is 384 Å². The summed E-state index contributed by atoms with van der Waals surface area (Å²) >= 11 is 0. The van der Waals surface area contributed by atoms with Crippen molar-refractivity contribution in [1.82, 2.24) is 9.21 Å². The Morgan fingerprint density at radius 2 is 1.34 bits per heavy atom. The molecule has 4 rings (SSSR count). The number of carbonyl (C=O) groups excluding carboxylic acids is 3. The molecule has 11 nitrogen and oxygen atoms in total. The first-order valence-corrected chi connectivity index (χ1v) is 25.2. The highest BCUT2D eigenvalue weighted by atomic mass is 32.2. The van der Waals surface area contributed by atoms with Crippen molar-refractivity contribution in [3.63, 3.8) is 0 Å². The lowest BCUT2D eigenvalue weighted by atomic mass is 10.0. The van der Waals surface area contributed by atoms with Gasteiger partial charge in [0, 0.05) is 6.54 Å². The molecule has 1 saturated heterocycles. The largest absolute Gasteiger partial charge is 0.490 e. The minimum absolute atomic E-state index is 0.00963. The molecule has 0 aliphatic carbocycles. The van der Waals surface area contributed by atoms with Crippen LogP contribution in [0, 0.1) is 41.9 Å². The molecule has 0 saturated carbocycles. The molecule has 2 heterocycles. The summed E-state index contributed by atoms with van der Waals surface area (Å²) in [7, 11) is -4.27. The molecule has 2 atom stereocenters. The molecule has 64 heavy (non-hydrogen) atoms. The van der Waals surface area contributed by atoms with Gasteiger partial charge in [-0.2, -0.15) is 0 Å². The Balaban J connectivity index is 1.51. The lowest BCUT2D eigenvalue weighted by molar-refractivity contribution is -0.137. The number of rotatable bonds is 29. The summed E-state index contributed by atoms with van der Waals surface area (Å²) in [6.45, 7) is 7.42. The van der Waals surface area contributed by atoms with Crippen LogP contribution in [-0.4, -0.2) is 66.2 Å². The van der Waals surface area contributed by atoms with Crippen LogP contribution in [0.5, 0.6) is 5.75 Å². The zero-order valence-corrected chi connectivity index (χ0v) is 39.5. The second kappa shape index (κ2) is 27.2. The van der Waals surface area contributed by atoms with Gasteiger partial charge in [-0.15, -0.1) is 6.42 Å². The number of amidine groups is 1. The Morgan fingerprint density at radius 1 is 0.781 bits per heavy atom. The molecule has 3 amide bonds. The number of unbranched alkanes of at least 4 members (excludes halogenated alkanes) is 18. The molecule has 0 aromatic heterocycles. The van der Waals surface area contributed by atoms with Crippen molar-refractivity contribution in [2.75, 3.05) is 18.5 Å². The topological polar surface area (TPSA) is 135 Å². The smallest absolute Gasteiger partial charge is 0.418 e. The summed E-state index contributed by atoms with van der Waals surface area (Å²) in [5.41, 5.74) is -1.27. The maximum absolute atomic E-state index is 14.8. The minimum Gasteiger partial charge on any atom is -0.490 e. The lowest BCUT2D eigenvalue weighted by Crippen LogP contribution is -2.59. The average molecular weight is 895 g/mol. The molecule has 0 spiro atoms. The van der Waals surface area contributed by atoms with E-state index < -0.39 is 39.6 Å². The van der Waals surface area contributed by atoms with Gasteiger partial charge in [0.25, 0.3) is 21.8 Å². The minimum atomic E-state index is -4.27. The Hall–Kier alpha value is -5.25. The molecule has 1 fully saturated rings. The predicted octanol–water partition coefficient (Wildman–Crippen LogP) is 11.4. The third-order valence-electron chi connectivity index (χ3n) is 11.6. The molecular weight excluding hydrogens is 825 g/mol. The number of fused-ring (bicyclic) bond motifs is 1. The first-order valence-electron chi connectivity index (χ1n) is 23.7. The van der Waals surface area contributed by atoms with E-state index in [1.165, 1.54) is 96.6 Å². The number of imide groups is 1. The second-order valence-electron chi connectivity index (χ2n) is 17.3. The van der Waals surface area contributed by atoms with Crippen molar-refractivity contribution < 1.29 is 32.3 Å². The first-order chi connectivity index (χ1) is 31.0. The predicted molar refractivity (Wildman–Crippen MR) is 255 cm³/mol. The van der Waals surface area contributed by atoms with Crippen molar-refractivity contribution in [3.05, 3.63) is 48.5 Å². The summed E-state index contributed by atoms with van der Waals surface area (Å²) in [6, 6.07) is 11.2. The molecule has 2 aliphatic rings. The van der Waals surface area contributed by atoms with Gasteiger partial charge >= 0.3 is 6.09 Å². The van der Waals surface area contributed by atoms with Crippen LogP contribution in [0.4, 0.5) is 16.2 Å². The molecule has 12 heteroatoms. The van der Waals surface area contributed by atoms with E-state index in [1.807, 2.05) is 0 Å². The Kier molecular flexibility index (Phi) is 21.8. The highest BCUT2D eigenvalue weighted by Gasteiger charge is 2.55. The van der Waals surface area contributed by atoms with E-state index in [-0.39, 0.29) is 41.2 Å². The number of hydrogen-bond acceptors (Lipinski definition) is 8. The fourth-order valence-corrected chi connectivity index (χ4v) is 9.61. The van der Waals surface area contributed by atoms with Gasteiger partial charge in [0.15, 0.2) is 17.5 Å². The lowest BCUT2D eigenvalue weighted by Gasteiger charge is -2.35. The molecule has 0 radical (unpaired) electrons. The third kappa shape index (κ3) is 15.5. The Bertz CT molecular complexity index is 2150. The summed E-state index contributed by atoms with van der Waals surface area (Å²) < 4.78 is 41.7. The first kappa shape index (κ1) is 51.4. The van der Waals surface area contributed by atoms with Gasteiger partial charge in [0.2, 0.25) is 0 Å². The van der Waals surface area contributed by atoms with Gasteiger partial charge in [-0.3, -0.25) is 13.9 Å². The number of para-hydroxylation sites is 3. The molecule has 0 bridgehead atoms. The monoisotopic (exact) mass is 894 g/mol. The number of anilines is 1.